The highest BCUT2D eigenvalue weighted by Gasteiger charge is 2.18. The van der Waals surface area contributed by atoms with E-state index in [1.807, 2.05) is 6.08 Å². The molecule has 0 aliphatic heterocycles. The van der Waals surface area contributed by atoms with Gasteiger partial charge in [-0.25, -0.2) is 0 Å². The number of rotatable bonds is 7. The van der Waals surface area contributed by atoms with E-state index < -0.39 is 0 Å². The van der Waals surface area contributed by atoms with Crippen LogP contribution >= 0.6 is 0 Å². The van der Waals surface area contributed by atoms with Gasteiger partial charge in [-0.05, 0) is 73.3 Å². The van der Waals surface area contributed by atoms with E-state index in [-0.39, 0.29) is 0 Å². The summed E-state index contributed by atoms with van der Waals surface area (Å²) in [5, 5.41) is 0. The molecule has 1 aliphatic rings. The van der Waals surface area contributed by atoms with Crippen molar-refractivity contribution in [2.24, 2.45) is 11.8 Å². The van der Waals surface area contributed by atoms with Crippen molar-refractivity contribution in [2.75, 3.05) is 0 Å². The number of benzene rings is 1. The van der Waals surface area contributed by atoms with Crippen LogP contribution in [0.25, 0.3) is 6.08 Å². The van der Waals surface area contributed by atoms with Crippen LogP contribution in [0.2, 0.25) is 0 Å². The number of hydrogen-bond donors (Lipinski definition) is 0. The Hall–Kier alpha value is -1.74. The highest BCUT2D eigenvalue weighted by Crippen LogP contribution is 2.32. The summed E-state index contributed by atoms with van der Waals surface area (Å²) in [5.74, 6) is 8.04. The van der Waals surface area contributed by atoms with Crippen LogP contribution in [0.3, 0.4) is 0 Å². The Morgan fingerprint density at radius 2 is 1.64 bits per heavy atom. The first-order valence-electron chi connectivity index (χ1n) is 10.2. The van der Waals surface area contributed by atoms with E-state index >= 15 is 0 Å². The fourth-order valence-electron chi connectivity index (χ4n) is 3.66. The van der Waals surface area contributed by atoms with E-state index in [9.17, 15) is 0 Å². The average molecular weight is 335 g/mol. The lowest BCUT2D eigenvalue weighted by Crippen LogP contribution is -2.12. The third-order valence-electron chi connectivity index (χ3n) is 5.27. The van der Waals surface area contributed by atoms with Crippen molar-refractivity contribution in [3.8, 4) is 11.8 Å². The quantitative estimate of drug-likeness (QED) is 0.462. The topological polar surface area (TPSA) is 0 Å². The minimum atomic E-state index is 0.752. The predicted octanol–water partition coefficient (Wildman–Crippen LogP) is 7.21. The fourth-order valence-corrected chi connectivity index (χ4v) is 3.66. The Morgan fingerprint density at radius 1 is 0.920 bits per heavy atom. The van der Waals surface area contributed by atoms with Crippen molar-refractivity contribution in [3.63, 3.8) is 0 Å². The molecule has 0 saturated heterocycles. The molecule has 1 aromatic carbocycles. The van der Waals surface area contributed by atoms with Gasteiger partial charge >= 0.3 is 0 Å². The van der Waals surface area contributed by atoms with Crippen LogP contribution in [0.15, 0.2) is 42.5 Å². The maximum absolute atomic E-state index is 3.16. The Morgan fingerprint density at radius 3 is 2.32 bits per heavy atom. The summed E-state index contributed by atoms with van der Waals surface area (Å²) in [7, 11) is 0. The summed E-state index contributed by atoms with van der Waals surface area (Å²) in [6, 6.07) is 8.78. The summed E-state index contributed by atoms with van der Waals surface area (Å²) in [5.41, 5.74) is 2.64. The van der Waals surface area contributed by atoms with Crippen LogP contribution in [0, 0.1) is 23.7 Å². The molecule has 0 amide bonds. The van der Waals surface area contributed by atoms with Gasteiger partial charge in [0.15, 0.2) is 0 Å². The predicted molar refractivity (Wildman–Crippen MR) is 111 cm³/mol. The zero-order valence-electron chi connectivity index (χ0n) is 16.1. The Bertz CT molecular complexity index is 583. The lowest BCUT2D eigenvalue weighted by molar-refractivity contribution is 0.291. The molecular formula is C25H34. The second kappa shape index (κ2) is 11.8. The van der Waals surface area contributed by atoms with Crippen LogP contribution in [0.4, 0.5) is 0 Å². The number of allylic oxidation sites excluding steroid dienone is 3. The molecule has 0 unspecified atom stereocenters. The third kappa shape index (κ3) is 7.78. The first kappa shape index (κ1) is 19.6. The van der Waals surface area contributed by atoms with Gasteiger partial charge in [0, 0.05) is 0 Å². The van der Waals surface area contributed by atoms with Crippen LogP contribution in [-0.4, -0.2) is 0 Å². The highest BCUT2D eigenvalue weighted by molar-refractivity contribution is 5.53. The van der Waals surface area contributed by atoms with E-state index in [4.69, 9.17) is 0 Å². The van der Waals surface area contributed by atoms with Crippen molar-refractivity contribution >= 4 is 6.08 Å². The Kier molecular flexibility index (Phi) is 9.21. The largest absolute Gasteiger partial charge is 0.0730 e. The second-order valence-corrected chi connectivity index (χ2v) is 7.40. The number of unbranched alkanes of at least 4 members (excludes halogenated alkanes) is 1. The molecule has 0 nitrogen and oxygen atoms in total. The summed E-state index contributed by atoms with van der Waals surface area (Å²) >= 11 is 0. The van der Waals surface area contributed by atoms with E-state index in [1.54, 1.807) is 0 Å². The van der Waals surface area contributed by atoms with Crippen molar-refractivity contribution in [1.29, 1.82) is 0 Å². The van der Waals surface area contributed by atoms with Crippen LogP contribution in [0.5, 0.6) is 0 Å². The fraction of sp³-hybridized carbons (Fsp3) is 0.520. The molecule has 0 heteroatoms. The molecule has 0 aromatic heterocycles. The molecule has 0 spiro atoms. The van der Waals surface area contributed by atoms with Gasteiger partial charge in [-0.15, -0.1) is 0 Å². The maximum Gasteiger partial charge on any atom is -0.0109 e. The van der Waals surface area contributed by atoms with Gasteiger partial charge in [-0.3, -0.25) is 0 Å². The van der Waals surface area contributed by atoms with Crippen molar-refractivity contribution in [2.45, 2.75) is 71.6 Å². The van der Waals surface area contributed by atoms with Gasteiger partial charge in [0.25, 0.3) is 0 Å². The third-order valence-corrected chi connectivity index (χ3v) is 5.27. The first-order valence-corrected chi connectivity index (χ1v) is 10.2. The molecule has 0 heterocycles. The smallest absolute Gasteiger partial charge is 0.0109 e. The van der Waals surface area contributed by atoms with Gasteiger partial charge in [0.2, 0.25) is 0 Å². The first-order chi connectivity index (χ1) is 12.3. The number of hydrogen-bond acceptors (Lipinski definition) is 0. The van der Waals surface area contributed by atoms with Crippen molar-refractivity contribution < 1.29 is 0 Å². The minimum absolute atomic E-state index is 0.752. The average Bonchev–Trinajstić information content (AvgIpc) is 2.65. The van der Waals surface area contributed by atoms with Gasteiger partial charge in [0.1, 0.15) is 0 Å². The molecule has 1 aromatic rings. The molecule has 2 rings (SSSR count). The molecule has 0 radical (unpaired) electrons. The summed E-state index contributed by atoms with van der Waals surface area (Å²) < 4.78 is 0. The zero-order valence-corrected chi connectivity index (χ0v) is 16.1. The van der Waals surface area contributed by atoms with Gasteiger partial charge in [0.05, 0.1) is 0 Å². The van der Waals surface area contributed by atoms with E-state index in [1.165, 1.54) is 62.5 Å². The Balaban J connectivity index is 1.70. The summed E-state index contributed by atoms with van der Waals surface area (Å²) in [4.78, 5) is 0. The van der Waals surface area contributed by atoms with Crippen molar-refractivity contribution in [3.05, 3.63) is 53.6 Å². The van der Waals surface area contributed by atoms with Crippen LogP contribution < -0.4 is 0 Å². The highest BCUT2D eigenvalue weighted by atomic mass is 14.2. The lowest BCUT2D eigenvalue weighted by Gasteiger charge is -2.26. The standard InChI is InChI=1S/C25H34/c1-3-5-11-23-18-20-25(21-19-23)13-9-7-6-8-12-24-16-14-22(10-4-2)15-17-24/h8-9,12-17,23,25H,3-5,10-11,18-21H2,1-2H3/t23-,25-. The monoisotopic (exact) mass is 334 g/mol. The van der Waals surface area contributed by atoms with Gasteiger partial charge in [-0.1, -0.05) is 81.7 Å². The second-order valence-electron chi connectivity index (χ2n) is 7.40. The normalized spacial score (nSPS) is 20.7. The summed E-state index contributed by atoms with van der Waals surface area (Å²) in [6.45, 7) is 4.51. The minimum Gasteiger partial charge on any atom is -0.0730 e. The van der Waals surface area contributed by atoms with E-state index in [0.29, 0.717) is 0 Å². The van der Waals surface area contributed by atoms with Gasteiger partial charge < -0.3 is 0 Å². The molecule has 134 valence electrons. The molecule has 0 N–H and O–H groups in total. The van der Waals surface area contributed by atoms with Crippen LogP contribution in [-0.2, 0) is 6.42 Å². The SMILES string of the molecule is CCCC[C@H]1CC[C@H](C=CC#CC=Cc2ccc(CCC)cc2)CC1. The molecule has 1 aliphatic carbocycles. The molecule has 1 fully saturated rings. The number of aryl methyl sites for hydroxylation is 1. The molecule has 0 bridgehead atoms. The van der Waals surface area contributed by atoms with Crippen molar-refractivity contribution in [1.82, 2.24) is 0 Å². The maximum atomic E-state index is 3.16. The molecule has 25 heavy (non-hydrogen) atoms. The van der Waals surface area contributed by atoms with Crippen LogP contribution in [0.1, 0.15) is 76.3 Å². The zero-order chi connectivity index (χ0) is 17.7. The Labute approximate surface area is 155 Å². The lowest BCUT2D eigenvalue weighted by atomic mass is 9.80. The molecule has 0 atom stereocenters. The molecular weight excluding hydrogens is 300 g/mol. The van der Waals surface area contributed by atoms with E-state index in [2.05, 4.69) is 68.2 Å². The molecule has 1 saturated carbocycles. The van der Waals surface area contributed by atoms with E-state index in [0.717, 1.165) is 18.3 Å². The van der Waals surface area contributed by atoms with Gasteiger partial charge in [-0.2, -0.15) is 0 Å². The summed E-state index contributed by atoms with van der Waals surface area (Å²) in [6.07, 6.45) is 20.5.